The number of furan rings is 1. The Bertz CT molecular complexity index is 1130. The second-order valence-corrected chi connectivity index (χ2v) is 9.02. The van der Waals surface area contributed by atoms with Crippen LogP contribution in [0.5, 0.6) is 0 Å². The van der Waals surface area contributed by atoms with Crippen molar-refractivity contribution < 1.29 is 32.3 Å². The van der Waals surface area contributed by atoms with E-state index in [2.05, 4.69) is 9.97 Å². The third-order valence-electron chi connectivity index (χ3n) is 4.92. The van der Waals surface area contributed by atoms with Gasteiger partial charge in [0.2, 0.25) is 5.82 Å². The molecular formula is C21H20F3N3O4S2. The van der Waals surface area contributed by atoms with Gasteiger partial charge < -0.3 is 9.52 Å². The number of aliphatic carboxylic acids is 1. The molecule has 1 aliphatic heterocycles. The lowest BCUT2D eigenvalue weighted by Gasteiger charge is -2.13. The van der Waals surface area contributed by atoms with E-state index in [-0.39, 0.29) is 35.2 Å². The number of carboxylic acids is 1. The molecule has 0 aromatic carbocycles. The molecule has 0 bridgehead atoms. The first-order valence-electron chi connectivity index (χ1n) is 9.97. The Balaban J connectivity index is 1.75. The van der Waals surface area contributed by atoms with E-state index in [4.69, 9.17) is 21.7 Å². The predicted molar refractivity (Wildman–Crippen MR) is 120 cm³/mol. The number of aryl methyl sites for hydroxylation is 1. The van der Waals surface area contributed by atoms with Gasteiger partial charge in [-0.15, -0.1) is 0 Å². The van der Waals surface area contributed by atoms with Crippen molar-refractivity contribution in [2.75, 3.05) is 6.54 Å². The number of thiocarbonyl (C=S) groups is 1. The van der Waals surface area contributed by atoms with Crippen LogP contribution in [0, 0.1) is 13.8 Å². The van der Waals surface area contributed by atoms with Crippen LogP contribution in [0.2, 0.25) is 0 Å². The summed E-state index contributed by atoms with van der Waals surface area (Å²) in [5, 5.41) is 8.67. The fraction of sp³-hybridized carbons (Fsp3) is 0.381. The average Bonchev–Trinajstić information content (AvgIpc) is 3.28. The topological polar surface area (TPSA) is 96.5 Å². The number of carbonyl (C=O) groups is 2. The monoisotopic (exact) mass is 499 g/mol. The zero-order chi connectivity index (χ0) is 24.3. The highest BCUT2D eigenvalue weighted by Gasteiger charge is 2.36. The number of rotatable bonds is 8. The van der Waals surface area contributed by atoms with Crippen molar-refractivity contribution in [2.24, 2.45) is 0 Å². The molecule has 1 amide bonds. The largest absolute Gasteiger partial charge is 0.481 e. The zero-order valence-corrected chi connectivity index (χ0v) is 19.4. The Hall–Kier alpha value is -2.73. The van der Waals surface area contributed by atoms with Gasteiger partial charge in [0.1, 0.15) is 15.8 Å². The lowest BCUT2D eigenvalue weighted by atomic mass is 10.1. The molecule has 1 aliphatic rings. The molecule has 0 atom stereocenters. The summed E-state index contributed by atoms with van der Waals surface area (Å²) in [5.74, 6) is -2.00. The van der Waals surface area contributed by atoms with E-state index in [0.29, 0.717) is 40.6 Å². The second-order valence-electron chi connectivity index (χ2n) is 7.34. The molecule has 0 spiro atoms. The van der Waals surface area contributed by atoms with Crippen molar-refractivity contribution in [1.82, 2.24) is 14.9 Å². The third kappa shape index (κ3) is 5.99. The zero-order valence-electron chi connectivity index (χ0n) is 17.7. The Morgan fingerprint density at radius 2 is 1.97 bits per heavy atom. The Labute approximate surface area is 197 Å². The molecule has 7 nitrogen and oxygen atoms in total. The smallest absolute Gasteiger partial charge is 0.451 e. The van der Waals surface area contributed by atoms with Crippen molar-refractivity contribution >= 4 is 46.3 Å². The molecule has 12 heteroatoms. The standard InChI is InChI=1S/C21H20F3N3O4S2/c1-11-12(2)25-19(21(22,23)24)26-17(11)14-8-7-13(31-14)10-15-18(30)27(20(32)33-15)9-5-3-4-6-16(28)29/h7-8,10H,3-6,9H2,1-2H3,(H,28,29). The Morgan fingerprint density at radius 3 is 2.64 bits per heavy atom. The normalized spacial score (nSPS) is 15.7. The number of amides is 1. The number of hydrogen-bond acceptors (Lipinski definition) is 7. The lowest BCUT2D eigenvalue weighted by molar-refractivity contribution is -0.145. The SMILES string of the molecule is Cc1nc(C(F)(F)F)nc(-c2ccc(C=C3SC(=S)N(CCCCCC(=O)O)C3=O)o2)c1C. The molecule has 2 aromatic rings. The van der Waals surface area contributed by atoms with Crippen molar-refractivity contribution in [1.29, 1.82) is 0 Å². The fourth-order valence-corrected chi connectivity index (χ4v) is 4.39. The van der Waals surface area contributed by atoms with Crippen LogP contribution in [-0.4, -0.2) is 42.7 Å². The summed E-state index contributed by atoms with van der Waals surface area (Å²) < 4.78 is 45.4. The number of carboxylic acid groups (broad SMARTS) is 1. The van der Waals surface area contributed by atoms with Gasteiger partial charge in [-0.05, 0) is 44.4 Å². The van der Waals surface area contributed by atoms with Gasteiger partial charge in [0.15, 0.2) is 5.76 Å². The summed E-state index contributed by atoms with van der Waals surface area (Å²) in [6.07, 6.45) is -1.33. The number of hydrogen-bond donors (Lipinski definition) is 1. The fourth-order valence-electron chi connectivity index (χ4n) is 3.10. The summed E-state index contributed by atoms with van der Waals surface area (Å²) in [6, 6.07) is 3.03. The first kappa shape index (κ1) is 24.9. The summed E-state index contributed by atoms with van der Waals surface area (Å²) in [4.78, 5) is 32.2. The van der Waals surface area contributed by atoms with E-state index in [9.17, 15) is 22.8 Å². The Morgan fingerprint density at radius 1 is 1.24 bits per heavy atom. The molecule has 0 saturated carbocycles. The van der Waals surface area contributed by atoms with Crippen molar-refractivity contribution in [3.63, 3.8) is 0 Å². The first-order valence-corrected chi connectivity index (χ1v) is 11.2. The number of halogens is 3. The van der Waals surface area contributed by atoms with Crippen LogP contribution in [0.3, 0.4) is 0 Å². The highest BCUT2D eigenvalue weighted by Crippen LogP contribution is 2.35. The highest BCUT2D eigenvalue weighted by atomic mass is 32.2. The van der Waals surface area contributed by atoms with Crippen LogP contribution in [0.25, 0.3) is 17.5 Å². The van der Waals surface area contributed by atoms with Crippen molar-refractivity contribution in [3.8, 4) is 11.5 Å². The maximum absolute atomic E-state index is 13.1. The molecule has 0 aliphatic carbocycles. The molecule has 0 unspecified atom stereocenters. The average molecular weight is 500 g/mol. The summed E-state index contributed by atoms with van der Waals surface area (Å²) in [7, 11) is 0. The maximum atomic E-state index is 13.1. The number of unbranched alkanes of at least 4 members (excludes halogenated alkanes) is 2. The molecule has 1 saturated heterocycles. The maximum Gasteiger partial charge on any atom is 0.451 e. The van der Waals surface area contributed by atoms with Gasteiger partial charge in [-0.1, -0.05) is 30.4 Å². The molecular weight excluding hydrogens is 479 g/mol. The number of aromatic nitrogens is 2. The predicted octanol–water partition coefficient (Wildman–Crippen LogP) is 5.22. The van der Waals surface area contributed by atoms with Crippen LogP contribution < -0.4 is 0 Å². The quantitative estimate of drug-likeness (QED) is 0.300. The van der Waals surface area contributed by atoms with Crippen LogP contribution in [0.15, 0.2) is 21.5 Å². The van der Waals surface area contributed by atoms with Gasteiger partial charge >= 0.3 is 12.1 Å². The minimum absolute atomic E-state index is 0.0309. The van der Waals surface area contributed by atoms with E-state index in [1.807, 2.05) is 0 Å². The minimum atomic E-state index is -4.69. The number of carbonyl (C=O) groups excluding carboxylic acids is 1. The molecule has 3 rings (SSSR count). The van der Waals surface area contributed by atoms with Gasteiger partial charge in [0.25, 0.3) is 5.91 Å². The number of thioether (sulfide) groups is 1. The molecule has 1 fully saturated rings. The number of alkyl halides is 3. The van der Waals surface area contributed by atoms with Gasteiger partial charge in [-0.2, -0.15) is 13.2 Å². The van der Waals surface area contributed by atoms with Gasteiger partial charge in [0, 0.05) is 24.7 Å². The van der Waals surface area contributed by atoms with Gasteiger partial charge in [-0.3, -0.25) is 14.5 Å². The summed E-state index contributed by atoms with van der Waals surface area (Å²) in [5.41, 5.74) is 0.677. The highest BCUT2D eigenvalue weighted by molar-refractivity contribution is 8.26. The molecule has 33 heavy (non-hydrogen) atoms. The van der Waals surface area contributed by atoms with E-state index >= 15 is 0 Å². The molecule has 0 radical (unpaired) electrons. The number of nitrogens with zero attached hydrogens (tertiary/aromatic N) is 3. The summed E-state index contributed by atoms with van der Waals surface area (Å²) in [6.45, 7) is 3.45. The van der Waals surface area contributed by atoms with Crippen molar-refractivity contribution in [2.45, 2.75) is 45.7 Å². The van der Waals surface area contributed by atoms with E-state index in [1.165, 1.54) is 30.0 Å². The van der Waals surface area contributed by atoms with E-state index in [0.717, 1.165) is 11.8 Å². The lowest BCUT2D eigenvalue weighted by Crippen LogP contribution is -2.29. The molecule has 3 heterocycles. The third-order valence-corrected chi connectivity index (χ3v) is 6.30. The summed E-state index contributed by atoms with van der Waals surface area (Å²) >= 11 is 6.37. The van der Waals surface area contributed by atoms with E-state index < -0.39 is 18.0 Å². The van der Waals surface area contributed by atoms with Crippen LogP contribution in [0.1, 0.15) is 48.5 Å². The van der Waals surface area contributed by atoms with Gasteiger partial charge in [0.05, 0.1) is 4.91 Å². The van der Waals surface area contributed by atoms with Gasteiger partial charge in [-0.25, -0.2) is 9.97 Å². The molecule has 1 N–H and O–H groups in total. The van der Waals surface area contributed by atoms with Crippen molar-refractivity contribution in [3.05, 3.63) is 39.9 Å². The molecule has 176 valence electrons. The molecule has 2 aromatic heterocycles. The first-order chi connectivity index (χ1) is 15.5. The minimum Gasteiger partial charge on any atom is -0.481 e. The van der Waals surface area contributed by atoms with Crippen LogP contribution in [0.4, 0.5) is 13.2 Å². The van der Waals surface area contributed by atoms with Crippen LogP contribution in [-0.2, 0) is 15.8 Å². The van der Waals surface area contributed by atoms with E-state index in [1.54, 1.807) is 6.92 Å². The second kappa shape index (κ2) is 10.0. The Kier molecular flexibility index (Phi) is 7.58. The van der Waals surface area contributed by atoms with Crippen LogP contribution >= 0.6 is 24.0 Å².